The SMILES string of the molecule is CCOC(=O)NC(CNC(=NC)NCCCC1CCCC1)C1CC1.I. The Hall–Kier alpha value is -0.730. The molecule has 7 heteroatoms. The van der Waals surface area contributed by atoms with Gasteiger partial charge in [0.25, 0.3) is 0 Å². The third-order valence-corrected chi connectivity index (χ3v) is 5.04. The molecular weight excluding hydrogens is 431 g/mol. The fraction of sp³-hybridized carbons (Fsp3) is 0.889. The van der Waals surface area contributed by atoms with Crippen molar-refractivity contribution in [2.75, 3.05) is 26.7 Å². The molecule has 0 spiro atoms. The van der Waals surface area contributed by atoms with Crippen LogP contribution >= 0.6 is 24.0 Å². The lowest BCUT2D eigenvalue weighted by molar-refractivity contribution is 0.146. The van der Waals surface area contributed by atoms with E-state index in [-0.39, 0.29) is 36.1 Å². The summed E-state index contributed by atoms with van der Waals surface area (Å²) in [6, 6.07) is 0.112. The number of hydrogen-bond acceptors (Lipinski definition) is 3. The Morgan fingerprint density at radius 3 is 2.52 bits per heavy atom. The zero-order valence-electron chi connectivity index (χ0n) is 15.7. The molecule has 146 valence electrons. The number of aliphatic imine (C=N–C) groups is 1. The number of carbonyl (C=O) groups is 1. The van der Waals surface area contributed by atoms with Crippen molar-refractivity contribution in [3.05, 3.63) is 0 Å². The van der Waals surface area contributed by atoms with Crippen LogP contribution in [0.3, 0.4) is 0 Å². The second-order valence-electron chi connectivity index (χ2n) is 6.98. The molecule has 0 heterocycles. The molecule has 1 amide bonds. The molecule has 3 N–H and O–H groups in total. The molecule has 6 nitrogen and oxygen atoms in total. The van der Waals surface area contributed by atoms with Crippen LogP contribution < -0.4 is 16.0 Å². The highest BCUT2D eigenvalue weighted by molar-refractivity contribution is 14.0. The molecule has 0 saturated heterocycles. The third kappa shape index (κ3) is 8.96. The van der Waals surface area contributed by atoms with Gasteiger partial charge in [-0.15, -0.1) is 24.0 Å². The molecule has 2 saturated carbocycles. The van der Waals surface area contributed by atoms with E-state index in [4.69, 9.17) is 4.74 Å². The molecule has 0 aromatic carbocycles. The lowest BCUT2D eigenvalue weighted by atomic mass is 10.0. The van der Waals surface area contributed by atoms with Gasteiger partial charge in [0.05, 0.1) is 12.6 Å². The number of halogens is 1. The van der Waals surface area contributed by atoms with Crippen LogP contribution in [-0.2, 0) is 4.74 Å². The van der Waals surface area contributed by atoms with Gasteiger partial charge >= 0.3 is 6.09 Å². The highest BCUT2D eigenvalue weighted by Gasteiger charge is 2.32. The van der Waals surface area contributed by atoms with E-state index in [1.54, 1.807) is 7.05 Å². The van der Waals surface area contributed by atoms with Crippen molar-refractivity contribution in [1.82, 2.24) is 16.0 Å². The van der Waals surface area contributed by atoms with E-state index in [0.717, 1.165) is 18.4 Å². The molecule has 0 radical (unpaired) electrons. The second kappa shape index (κ2) is 12.6. The van der Waals surface area contributed by atoms with Gasteiger partial charge in [0.15, 0.2) is 5.96 Å². The van der Waals surface area contributed by atoms with Gasteiger partial charge in [0.1, 0.15) is 0 Å². The van der Waals surface area contributed by atoms with Crippen LogP contribution in [0.1, 0.15) is 58.3 Å². The zero-order chi connectivity index (χ0) is 17.2. The number of alkyl carbamates (subject to hydrolysis) is 1. The number of hydrogen-bond donors (Lipinski definition) is 3. The van der Waals surface area contributed by atoms with Gasteiger partial charge in [-0.25, -0.2) is 4.79 Å². The molecule has 0 aromatic rings. The summed E-state index contributed by atoms with van der Waals surface area (Å²) in [5.41, 5.74) is 0. The number of nitrogens with one attached hydrogen (secondary N) is 3. The number of ether oxygens (including phenoxy) is 1. The number of rotatable bonds is 9. The summed E-state index contributed by atoms with van der Waals surface area (Å²) in [6.45, 7) is 3.86. The first-order chi connectivity index (χ1) is 11.7. The number of nitrogens with zero attached hydrogens (tertiary/aromatic N) is 1. The summed E-state index contributed by atoms with van der Waals surface area (Å²) in [6.07, 6.45) is 10.2. The topological polar surface area (TPSA) is 74.8 Å². The highest BCUT2D eigenvalue weighted by Crippen LogP contribution is 2.32. The van der Waals surface area contributed by atoms with Crippen molar-refractivity contribution < 1.29 is 9.53 Å². The van der Waals surface area contributed by atoms with Crippen molar-refractivity contribution in [2.24, 2.45) is 16.8 Å². The average Bonchev–Trinajstić information content (AvgIpc) is 3.29. The molecule has 2 aliphatic rings. The number of carbonyl (C=O) groups excluding carboxylic acids is 1. The van der Waals surface area contributed by atoms with E-state index >= 15 is 0 Å². The predicted octanol–water partition coefficient (Wildman–Crippen LogP) is 3.26. The molecule has 2 rings (SSSR count). The van der Waals surface area contributed by atoms with Gasteiger partial charge in [-0.2, -0.15) is 0 Å². The molecule has 25 heavy (non-hydrogen) atoms. The largest absolute Gasteiger partial charge is 0.450 e. The van der Waals surface area contributed by atoms with Crippen LogP contribution in [-0.4, -0.2) is 44.8 Å². The van der Waals surface area contributed by atoms with E-state index in [2.05, 4.69) is 20.9 Å². The Bertz CT molecular complexity index is 410. The van der Waals surface area contributed by atoms with Gasteiger partial charge < -0.3 is 20.7 Å². The maximum Gasteiger partial charge on any atom is 0.407 e. The molecule has 0 aliphatic heterocycles. The van der Waals surface area contributed by atoms with Gasteiger partial charge in [-0.1, -0.05) is 25.7 Å². The summed E-state index contributed by atoms with van der Waals surface area (Å²) in [5, 5.41) is 9.67. The fourth-order valence-electron chi connectivity index (χ4n) is 3.48. The first-order valence-corrected chi connectivity index (χ1v) is 9.60. The lowest BCUT2D eigenvalue weighted by Crippen LogP contribution is -2.48. The number of guanidine groups is 1. The Morgan fingerprint density at radius 2 is 1.92 bits per heavy atom. The fourth-order valence-corrected chi connectivity index (χ4v) is 3.48. The minimum Gasteiger partial charge on any atom is -0.450 e. The average molecular weight is 466 g/mol. The molecule has 2 aliphatic carbocycles. The van der Waals surface area contributed by atoms with Crippen molar-refractivity contribution in [3.8, 4) is 0 Å². The lowest BCUT2D eigenvalue weighted by Gasteiger charge is -2.20. The van der Waals surface area contributed by atoms with Crippen LogP contribution in [0.2, 0.25) is 0 Å². The molecular formula is C18H35IN4O2. The molecule has 1 atom stereocenters. The van der Waals surface area contributed by atoms with Gasteiger partial charge in [-0.3, -0.25) is 4.99 Å². The summed E-state index contributed by atoms with van der Waals surface area (Å²) < 4.78 is 4.99. The summed E-state index contributed by atoms with van der Waals surface area (Å²) >= 11 is 0. The van der Waals surface area contributed by atoms with E-state index in [1.165, 1.54) is 51.4 Å². The van der Waals surface area contributed by atoms with Crippen molar-refractivity contribution in [2.45, 2.75) is 64.3 Å². The minimum atomic E-state index is -0.323. The monoisotopic (exact) mass is 466 g/mol. The Morgan fingerprint density at radius 1 is 1.20 bits per heavy atom. The van der Waals surface area contributed by atoms with E-state index < -0.39 is 0 Å². The van der Waals surface area contributed by atoms with Gasteiger partial charge in [-0.05, 0) is 44.4 Å². The molecule has 0 aromatic heterocycles. The quantitative estimate of drug-likeness (QED) is 0.211. The molecule has 0 bridgehead atoms. The van der Waals surface area contributed by atoms with Crippen molar-refractivity contribution in [1.29, 1.82) is 0 Å². The standard InChI is InChI=1S/C18H34N4O2.HI/c1-3-24-18(23)22-16(15-10-11-15)13-21-17(19-2)20-12-6-9-14-7-4-5-8-14;/h14-16H,3-13H2,1-2H3,(H,22,23)(H2,19,20,21);1H. The summed E-state index contributed by atoms with van der Waals surface area (Å²) in [4.78, 5) is 15.9. The van der Waals surface area contributed by atoms with E-state index in [0.29, 0.717) is 19.1 Å². The molecule has 2 fully saturated rings. The maximum absolute atomic E-state index is 11.6. The summed E-state index contributed by atoms with van der Waals surface area (Å²) in [7, 11) is 1.79. The van der Waals surface area contributed by atoms with Gasteiger partial charge in [0.2, 0.25) is 0 Å². The van der Waals surface area contributed by atoms with E-state index in [9.17, 15) is 4.79 Å². The van der Waals surface area contributed by atoms with E-state index in [1.807, 2.05) is 6.92 Å². The normalized spacial score (nSPS) is 19.0. The van der Waals surface area contributed by atoms with Crippen molar-refractivity contribution >= 4 is 36.0 Å². The first kappa shape index (κ1) is 22.3. The second-order valence-corrected chi connectivity index (χ2v) is 6.98. The van der Waals surface area contributed by atoms with Crippen molar-refractivity contribution in [3.63, 3.8) is 0 Å². The van der Waals surface area contributed by atoms with Crippen LogP contribution in [0.25, 0.3) is 0 Å². The van der Waals surface area contributed by atoms with Crippen LogP contribution in [0.4, 0.5) is 4.79 Å². The minimum absolute atomic E-state index is 0. The predicted molar refractivity (Wildman–Crippen MR) is 113 cm³/mol. The Labute approximate surface area is 169 Å². The smallest absolute Gasteiger partial charge is 0.407 e. The Balaban J connectivity index is 0.00000312. The third-order valence-electron chi connectivity index (χ3n) is 5.04. The van der Waals surface area contributed by atoms with Crippen LogP contribution in [0.5, 0.6) is 0 Å². The molecule has 1 unspecified atom stereocenters. The first-order valence-electron chi connectivity index (χ1n) is 9.60. The Kier molecular flexibility index (Phi) is 11.2. The zero-order valence-corrected chi connectivity index (χ0v) is 18.0. The summed E-state index contributed by atoms with van der Waals surface area (Å²) in [5.74, 6) is 2.31. The van der Waals surface area contributed by atoms with Crippen LogP contribution in [0, 0.1) is 11.8 Å². The maximum atomic E-state index is 11.6. The van der Waals surface area contributed by atoms with Crippen LogP contribution in [0.15, 0.2) is 4.99 Å². The van der Waals surface area contributed by atoms with Gasteiger partial charge in [0, 0.05) is 20.1 Å². The highest BCUT2D eigenvalue weighted by atomic mass is 127. The number of amides is 1.